The molecule has 1 saturated heterocycles. The zero-order chi connectivity index (χ0) is 28.5. The molecule has 3 aromatic rings. The Hall–Kier alpha value is -3.66. The second-order valence-corrected chi connectivity index (χ2v) is 9.93. The number of phenols is 1. The minimum Gasteiger partial charge on any atom is -0.507 e. The predicted octanol–water partition coefficient (Wildman–Crippen LogP) is 4.71. The summed E-state index contributed by atoms with van der Waals surface area (Å²) in [7, 11) is 3.67. The summed E-state index contributed by atoms with van der Waals surface area (Å²) in [6.07, 6.45) is 5.45. The number of aromatic hydroxyl groups is 1. The maximum Gasteiger partial charge on any atom is 0.218 e. The molecule has 1 aromatic heterocycles. The van der Waals surface area contributed by atoms with E-state index in [1.54, 1.807) is 61.6 Å². The van der Waals surface area contributed by atoms with Gasteiger partial charge < -0.3 is 25.3 Å². The Morgan fingerprint density at radius 1 is 1.05 bits per heavy atom. The lowest BCUT2D eigenvalue weighted by Gasteiger charge is -2.28. The molecule has 0 radical (unpaired) electrons. The summed E-state index contributed by atoms with van der Waals surface area (Å²) in [5.41, 5.74) is 2.32. The number of piperazine rings is 1. The van der Waals surface area contributed by atoms with Gasteiger partial charge in [-0.05, 0) is 61.4 Å². The van der Waals surface area contributed by atoms with Crippen molar-refractivity contribution in [1.82, 2.24) is 15.2 Å². The second-order valence-electron chi connectivity index (χ2n) is 9.52. The highest BCUT2D eigenvalue weighted by Gasteiger charge is 2.18. The van der Waals surface area contributed by atoms with Crippen molar-refractivity contribution in [3.8, 4) is 28.0 Å². The Morgan fingerprint density at radius 3 is 2.23 bits per heavy atom. The quantitative estimate of drug-likeness (QED) is 0.364. The highest BCUT2D eigenvalue weighted by molar-refractivity contribution is 6.34. The lowest BCUT2D eigenvalue weighted by atomic mass is 9.97. The summed E-state index contributed by atoms with van der Waals surface area (Å²) < 4.78 is 14.7. The molecule has 0 aliphatic carbocycles. The maximum absolute atomic E-state index is 14.7. The number of pyridine rings is 1. The van der Waals surface area contributed by atoms with Crippen LogP contribution in [0.1, 0.15) is 13.8 Å². The third kappa shape index (κ3) is 8.16. The lowest BCUT2D eigenvalue weighted by Crippen LogP contribution is -2.43. The fraction of sp³-hybridized carbons (Fsp3) is 0.310. The van der Waals surface area contributed by atoms with E-state index in [9.17, 15) is 14.3 Å². The molecule has 0 atom stereocenters. The van der Waals surface area contributed by atoms with Gasteiger partial charge in [-0.2, -0.15) is 0 Å². The van der Waals surface area contributed by atoms with Crippen LogP contribution in [0.4, 0.5) is 15.9 Å². The molecule has 0 spiro atoms. The topological polar surface area (TPSA) is 92.2 Å². The van der Waals surface area contributed by atoms with E-state index >= 15 is 0 Å². The number of rotatable bonds is 7. The third-order valence-corrected chi connectivity index (χ3v) is 6.05. The van der Waals surface area contributed by atoms with Crippen molar-refractivity contribution in [2.75, 3.05) is 50.1 Å². The Morgan fingerprint density at radius 2 is 1.67 bits per heavy atom. The van der Waals surface area contributed by atoms with Gasteiger partial charge in [-0.1, -0.05) is 17.7 Å². The molecule has 1 aliphatic heterocycles. The van der Waals surface area contributed by atoms with E-state index in [1.807, 2.05) is 20.2 Å². The molecule has 2 heterocycles. The van der Waals surface area contributed by atoms with Crippen LogP contribution < -0.4 is 15.1 Å². The molecule has 0 unspecified atom stereocenters. The molecular weight excluding hydrogens is 521 g/mol. The number of halogens is 2. The van der Waals surface area contributed by atoms with Gasteiger partial charge in [0.05, 0.1) is 10.7 Å². The monoisotopic (exact) mass is 555 g/mol. The number of anilines is 2. The zero-order valence-corrected chi connectivity index (χ0v) is 23.4. The zero-order valence-electron chi connectivity index (χ0n) is 22.6. The van der Waals surface area contributed by atoms with Crippen molar-refractivity contribution in [3.63, 3.8) is 0 Å². The molecule has 39 heavy (non-hydrogen) atoms. The summed E-state index contributed by atoms with van der Waals surface area (Å²) in [4.78, 5) is 21.3. The van der Waals surface area contributed by atoms with Gasteiger partial charge in [-0.3, -0.25) is 9.69 Å². The molecule has 1 aliphatic rings. The van der Waals surface area contributed by atoms with E-state index in [0.29, 0.717) is 34.4 Å². The number of benzene rings is 2. The van der Waals surface area contributed by atoms with Crippen molar-refractivity contribution in [1.29, 1.82) is 0 Å². The van der Waals surface area contributed by atoms with E-state index < -0.39 is 5.82 Å². The summed E-state index contributed by atoms with van der Waals surface area (Å²) in [6.45, 7) is 6.82. The number of amides is 1. The fourth-order valence-corrected chi connectivity index (χ4v) is 4.23. The van der Waals surface area contributed by atoms with Crippen molar-refractivity contribution < 1.29 is 19.4 Å². The Labute approximate surface area is 234 Å². The van der Waals surface area contributed by atoms with Crippen molar-refractivity contribution in [3.05, 3.63) is 71.9 Å². The highest BCUT2D eigenvalue weighted by Crippen LogP contribution is 2.41. The summed E-state index contributed by atoms with van der Waals surface area (Å²) in [6, 6.07) is 11.1. The number of aliphatic hydroxyl groups is 1. The van der Waals surface area contributed by atoms with Crippen molar-refractivity contribution in [2.24, 2.45) is 0 Å². The average Bonchev–Trinajstić information content (AvgIpc) is 2.91. The van der Waals surface area contributed by atoms with Gasteiger partial charge in [-0.25, -0.2) is 9.37 Å². The number of nitrogens with one attached hydrogen (secondary N) is 1. The van der Waals surface area contributed by atoms with Crippen molar-refractivity contribution >= 4 is 29.5 Å². The molecular formula is C29H35ClFN5O3. The third-order valence-electron chi connectivity index (χ3n) is 5.75. The minimum atomic E-state index is -0.489. The number of nitrogens with zero attached hydrogens (tertiary/aromatic N) is 4. The van der Waals surface area contributed by atoms with Crippen molar-refractivity contribution in [2.45, 2.75) is 20.0 Å². The van der Waals surface area contributed by atoms with Gasteiger partial charge in [0.15, 0.2) is 0 Å². The Bertz CT molecular complexity index is 1290. The molecule has 2 aromatic carbocycles. The van der Waals surface area contributed by atoms with Crippen LogP contribution in [0.3, 0.4) is 0 Å². The van der Waals surface area contributed by atoms with Crippen LogP contribution in [0, 0.1) is 5.82 Å². The van der Waals surface area contributed by atoms with E-state index in [-0.39, 0.29) is 16.9 Å². The number of carbonyl (C=O) groups is 1. The number of aromatic nitrogens is 1. The number of hydrogen-bond donors (Lipinski definition) is 3. The van der Waals surface area contributed by atoms with Crippen LogP contribution in [0.15, 0.2) is 61.1 Å². The van der Waals surface area contributed by atoms with Crippen LogP contribution in [0.25, 0.3) is 22.3 Å². The first kappa shape index (κ1) is 29.9. The number of phenolic OH excluding ortho intramolecular Hbond substituents is 1. The molecule has 0 saturated carbocycles. The standard InChI is InChI=1S/C26H27ClFN5O2.C3H8O/c1-31(2)11-12-33(17-34)24-4-3-18(13-23(24)27)21-15-20(28)16-22(26(21)35)19-5-6-30-25(14-19)32-9-7-29-8-10-32;1-3(2)4/h3-6,11-17,29,35H,7-10H2,1-2H3;3-4H,1-2H3/b12-11-;. The molecule has 3 N–H and O–H groups in total. The number of aliphatic hydroxyl groups excluding tert-OH is 1. The van der Waals surface area contributed by atoms with Gasteiger partial charge >= 0.3 is 0 Å². The number of carbonyl (C=O) groups excluding carboxylic acids is 1. The van der Waals surface area contributed by atoms with Gasteiger partial charge in [-0.15, -0.1) is 0 Å². The van der Waals surface area contributed by atoms with E-state index in [4.69, 9.17) is 16.7 Å². The molecule has 208 valence electrons. The van der Waals surface area contributed by atoms with Crippen LogP contribution in [0.2, 0.25) is 5.02 Å². The molecule has 0 bridgehead atoms. The van der Waals surface area contributed by atoms with Gasteiger partial charge in [0.2, 0.25) is 6.41 Å². The van der Waals surface area contributed by atoms with Gasteiger partial charge in [0.25, 0.3) is 0 Å². The van der Waals surface area contributed by atoms with Crippen LogP contribution in [0.5, 0.6) is 5.75 Å². The molecule has 10 heteroatoms. The summed E-state index contributed by atoms with van der Waals surface area (Å²) in [5.74, 6) is 0.228. The predicted molar refractivity (Wildman–Crippen MR) is 156 cm³/mol. The highest BCUT2D eigenvalue weighted by atomic mass is 35.5. The normalized spacial score (nSPS) is 13.3. The maximum atomic E-state index is 14.7. The lowest BCUT2D eigenvalue weighted by molar-refractivity contribution is -0.107. The fourth-order valence-electron chi connectivity index (χ4n) is 3.95. The molecule has 1 amide bonds. The molecule has 8 nitrogen and oxygen atoms in total. The first-order chi connectivity index (χ1) is 18.6. The Kier molecular flexibility index (Phi) is 10.7. The van der Waals surface area contributed by atoms with Crippen LogP contribution in [-0.2, 0) is 4.79 Å². The molecule has 1 fully saturated rings. The average molecular weight is 556 g/mol. The summed E-state index contributed by atoms with van der Waals surface area (Å²) >= 11 is 6.48. The van der Waals surface area contributed by atoms with E-state index in [1.165, 1.54) is 17.0 Å². The molecule has 4 rings (SSSR count). The first-order valence-corrected chi connectivity index (χ1v) is 13.0. The second kappa shape index (κ2) is 13.9. The smallest absolute Gasteiger partial charge is 0.218 e. The SMILES string of the molecule is CC(C)O.CN(C)/C=C\N(C=O)c1ccc(-c2cc(F)cc(-c3ccnc(N4CCNCC4)c3)c2O)cc1Cl. The first-order valence-electron chi connectivity index (χ1n) is 12.6. The minimum absolute atomic E-state index is 0.0626. The summed E-state index contributed by atoms with van der Waals surface area (Å²) in [5, 5.41) is 22.8. The number of hydrogen-bond acceptors (Lipinski definition) is 7. The largest absolute Gasteiger partial charge is 0.507 e. The van der Waals surface area contributed by atoms with E-state index in [2.05, 4.69) is 15.2 Å². The van der Waals surface area contributed by atoms with Crippen LogP contribution >= 0.6 is 11.6 Å². The van der Waals surface area contributed by atoms with E-state index in [0.717, 1.165) is 32.0 Å². The Balaban J connectivity index is 0.000000983. The van der Waals surface area contributed by atoms with Crippen LogP contribution in [-0.4, -0.2) is 72.9 Å². The van der Waals surface area contributed by atoms with Gasteiger partial charge in [0.1, 0.15) is 17.4 Å². The van der Waals surface area contributed by atoms with Gasteiger partial charge in [0, 0.05) is 76.1 Å².